The SMILES string of the molecule is Cc1cc(N[C@@H](C)CF)nc(C)n1. The Kier molecular flexibility index (Phi) is 3.17. The molecule has 3 nitrogen and oxygen atoms in total. The van der Waals surface area contributed by atoms with Gasteiger partial charge in [0.2, 0.25) is 0 Å². The molecule has 0 saturated heterocycles. The van der Waals surface area contributed by atoms with Gasteiger partial charge >= 0.3 is 0 Å². The summed E-state index contributed by atoms with van der Waals surface area (Å²) in [6, 6.07) is 1.60. The Bertz CT molecular complexity index is 268. The van der Waals surface area contributed by atoms with E-state index in [9.17, 15) is 4.39 Å². The molecule has 1 aromatic rings. The van der Waals surface area contributed by atoms with Gasteiger partial charge in [-0.2, -0.15) is 0 Å². The van der Waals surface area contributed by atoms with Crippen LogP contribution in [0.15, 0.2) is 6.07 Å². The van der Waals surface area contributed by atoms with Gasteiger partial charge in [-0.25, -0.2) is 14.4 Å². The number of aryl methyl sites for hydroxylation is 2. The predicted molar refractivity (Wildman–Crippen MR) is 50.6 cm³/mol. The van der Waals surface area contributed by atoms with E-state index in [0.29, 0.717) is 11.6 Å². The summed E-state index contributed by atoms with van der Waals surface area (Å²) in [5, 5.41) is 2.95. The van der Waals surface area contributed by atoms with Crippen LogP contribution in [-0.2, 0) is 0 Å². The lowest BCUT2D eigenvalue weighted by molar-refractivity contribution is 0.459. The van der Waals surface area contributed by atoms with E-state index in [-0.39, 0.29) is 6.04 Å². The highest BCUT2D eigenvalue weighted by Crippen LogP contribution is 2.07. The van der Waals surface area contributed by atoms with Crippen molar-refractivity contribution >= 4 is 5.82 Å². The van der Waals surface area contributed by atoms with E-state index in [1.54, 1.807) is 13.0 Å². The average Bonchev–Trinajstić information content (AvgIpc) is 2.02. The summed E-state index contributed by atoms with van der Waals surface area (Å²) in [7, 11) is 0. The fourth-order valence-corrected chi connectivity index (χ4v) is 1.08. The van der Waals surface area contributed by atoms with E-state index < -0.39 is 6.67 Å². The van der Waals surface area contributed by atoms with Crippen LogP contribution in [0, 0.1) is 13.8 Å². The number of halogens is 1. The van der Waals surface area contributed by atoms with Gasteiger partial charge in [0.15, 0.2) is 0 Å². The average molecular weight is 183 g/mol. The summed E-state index contributed by atoms with van der Waals surface area (Å²) < 4.78 is 12.2. The lowest BCUT2D eigenvalue weighted by Crippen LogP contribution is -2.18. The first-order chi connectivity index (χ1) is 6.11. The van der Waals surface area contributed by atoms with Gasteiger partial charge in [-0.15, -0.1) is 0 Å². The maximum Gasteiger partial charge on any atom is 0.130 e. The Labute approximate surface area is 77.4 Å². The molecule has 0 bridgehead atoms. The highest BCUT2D eigenvalue weighted by molar-refractivity contribution is 5.36. The molecule has 1 atom stereocenters. The molecular formula is C9H14FN3. The van der Waals surface area contributed by atoms with Crippen LogP contribution in [0.4, 0.5) is 10.2 Å². The Morgan fingerprint density at radius 3 is 2.69 bits per heavy atom. The lowest BCUT2D eigenvalue weighted by atomic mass is 10.3. The molecule has 0 aliphatic rings. The quantitative estimate of drug-likeness (QED) is 0.777. The molecule has 1 N–H and O–H groups in total. The summed E-state index contributed by atoms with van der Waals surface area (Å²) in [6.07, 6.45) is 0. The fourth-order valence-electron chi connectivity index (χ4n) is 1.08. The summed E-state index contributed by atoms with van der Waals surface area (Å²) in [4.78, 5) is 8.26. The molecule has 13 heavy (non-hydrogen) atoms. The van der Waals surface area contributed by atoms with Crippen LogP contribution in [0.5, 0.6) is 0 Å². The van der Waals surface area contributed by atoms with Crippen molar-refractivity contribution in [2.75, 3.05) is 12.0 Å². The molecule has 0 aliphatic heterocycles. The van der Waals surface area contributed by atoms with Gasteiger partial charge in [-0.05, 0) is 20.8 Å². The first-order valence-electron chi connectivity index (χ1n) is 4.26. The Morgan fingerprint density at radius 2 is 2.15 bits per heavy atom. The first-order valence-corrected chi connectivity index (χ1v) is 4.26. The van der Waals surface area contributed by atoms with E-state index >= 15 is 0 Å². The second-order valence-electron chi connectivity index (χ2n) is 3.14. The van der Waals surface area contributed by atoms with Crippen molar-refractivity contribution in [1.29, 1.82) is 0 Å². The molecule has 0 aromatic carbocycles. The Morgan fingerprint density at radius 1 is 1.46 bits per heavy atom. The maximum atomic E-state index is 12.2. The second-order valence-corrected chi connectivity index (χ2v) is 3.14. The molecule has 1 heterocycles. The monoisotopic (exact) mass is 183 g/mol. The lowest BCUT2D eigenvalue weighted by Gasteiger charge is -2.10. The minimum absolute atomic E-state index is 0.200. The zero-order chi connectivity index (χ0) is 9.84. The molecule has 1 rings (SSSR count). The van der Waals surface area contributed by atoms with Crippen LogP contribution < -0.4 is 5.32 Å². The maximum absolute atomic E-state index is 12.2. The molecule has 0 spiro atoms. The van der Waals surface area contributed by atoms with Gasteiger partial charge in [0, 0.05) is 11.8 Å². The highest BCUT2D eigenvalue weighted by atomic mass is 19.1. The Hall–Kier alpha value is -1.19. The smallest absolute Gasteiger partial charge is 0.130 e. The fraction of sp³-hybridized carbons (Fsp3) is 0.556. The van der Waals surface area contributed by atoms with Crippen molar-refractivity contribution in [3.05, 3.63) is 17.6 Å². The third-order valence-electron chi connectivity index (χ3n) is 1.59. The van der Waals surface area contributed by atoms with Crippen LogP contribution >= 0.6 is 0 Å². The molecule has 0 unspecified atom stereocenters. The van der Waals surface area contributed by atoms with Gasteiger partial charge in [-0.3, -0.25) is 0 Å². The number of hydrogen-bond acceptors (Lipinski definition) is 3. The van der Waals surface area contributed by atoms with Crippen molar-refractivity contribution in [3.8, 4) is 0 Å². The number of hydrogen-bond donors (Lipinski definition) is 1. The van der Waals surface area contributed by atoms with E-state index in [0.717, 1.165) is 5.69 Å². The van der Waals surface area contributed by atoms with Crippen molar-refractivity contribution in [1.82, 2.24) is 9.97 Å². The van der Waals surface area contributed by atoms with E-state index in [1.165, 1.54) is 0 Å². The summed E-state index contributed by atoms with van der Waals surface area (Å²) in [6.45, 7) is 5.08. The summed E-state index contributed by atoms with van der Waals surface area (Å²) >= 11 is 0. The normalized spacial score (nSPS) is 12.6. The van der Waals surface area contributed by atoms with Crippen molar-refractivity contribution in [3.63, 3.8) is 0 Å². The number of nitrogens with zero attached hydrogens (tertiary/aromatic N) is 2. The van der Waals surface area contributed by atoms with Crippen LogP contribution in [0.25, 0.3) is 0 Å². The number of rotatable bonds is 3. The zero-order valence-corrected chi connectivity index (χ0v) is 8.13. The van der Waals surface area contributed by atoms with Gasteiger partial charge in [-0.1, -0.05) is 0 Å². The van der Waals surface area contributed by atoms with Crippen molar-refractivity contribution in [2.24, 2.45) is 0 Å². The standard InChI is InChI=1S/C9H14FN3/c1-6-4-9(12-7(2)5-10)13-8(3)11-6/h4,7H,5H2,1-3H3,(H,11,12,13)/t7-/m0/s1. The largest absolute Gasteiger partial charge is 0.365 e. The van der Waals surface area contributed by atoms with Crippen molar-refractivity contribution in [2.45, 2.75) is 26.8 Å². The van der Waals surface area contributed by atoms with Crippen LogP contribution in [0.3, 0.4) is 0 Å². The minimum Gasteiger partial charge on any atom is -0.365 e. The molecule has 72 valence electrons. The third kappa shape index (κ3) is 2.97. The van der Waals surface area contributed by atoms with Gasteiger partial charge in [0.25, 0.3) is 0 Å². The molecule has 0 amide bonds. The van der Waals surface area contributed by atoms with E-state index in [4.69, 9.17) is 0 Å². The van der Waals surface area contributed by atoms with Gasteiger partial charge in [0.1, 0.15) is 18.3 Å². The molecule has 0 fully saturated rings. The predicted octanol–water partition coefficient (Wildman–Crippen LogP) is 1.86. The van der Waals surface area contributed by atoms with E-state index in [1.807, 2.05) is 13.8 Å². The minimum atomic E-state index is -0.401. The van der Waals surface area contributed by atoms with Gasteiger partial charge in [0.05, 0.1) is 6.04 Å². The molecular weight excluding hydrogens is 169 g/mol. The van der Waals surface area contributed by atoms with E-state index in [2.05, 4.69) is 15.3 Å². The summed E-state index contributed by atoms with van der Waals surface area (Å²) in [5.41, 5.74) is 0.890. The molecule has 4 heteroatoms. The molecule has 0 radical (unpaired) electrons. The summed E-state index contributed by atoms with van der Waals surface area (Å²) in [5.74, 6) is 1.39. The number of aromatic nitrogens is 2. The molecule has 1 aromatic heterocycles. The van der Waals surface area contributed by atoms with Crippen molar-refractivity contribution < 1.29 is 4.39 Å². The highest BCUT2D eigenvalue weighted by Gasteiger charge is 2.03. The van der Waals surface area contributed by atoms with Gasteiger partial charge < -0.3 is 5.32 Å². The number of nitrogens with one attached hydrogen (secondary N) is 1. The Balaban J connectivity index is 2.77. The second kappa shape index (κ2) is 4.16. The zero-order valence-electron chi connectivity index (χ0n) is 8.13. The van der Waals surface area contributed by atoms with Crippen LogP contribution in [0.1, 0.15) is 18.4 Å². The topological polar surface area (TPSA) is 37.8 Å². The first kappa shape index (κ1) is 9.89. The number of anilines is 1. The number of alkyl halides is 1. The third-order valence-corrected chi connectivity index (χ3v) is 1.59. The van der Waals surface area contributed by atoms with Crippen LogP contribution in [-0.4, -0.2) is 22.7 Å². The van der Waals surface area contributed by atoms with Crippen LogP contribution in [0.2, 0.25) is 0 Å². The molecule has 0 saturated carbocycles. The molecule has 0 aliphatic carbocycles.